The van der Waals surface area contributed by atoms with E-state index in [0.29, 0.717) is 5.76 Å². The van der Waals surface area contributed by atoms with Crippen LogP contribution in [0.25, 0.3) is 11.8 Å². The van der Waals surface area contributed by atoms with Gasteiger partial charge in [0.25, 0.3) is 0 Å². The van der Waals surface area contributed by atoms with Crippen molar-refractivity contribution in [1.82, 2.24) is 0 Å². The average molecular weight is 294 g/mol. The number of carbonyl (C=O) groups is 1. The van der Waals surface area contributed by atoms with Crippen LogP contribution in [0.15, 0.2) is 72.8 Å². The standard InChI is InChI=1S/C19H18O3/c1-15(20)19(21)22-18(17-12-6-3-7-13-17)14-8-11-16-9-4-2-5-10-16/h2-15,20H,1H3/b11-8+,18-14+. The molecule has 2 aromatic carbocycles. The number of aliphatic hydroxyl groups excluding tert-OH is 1. The van der Waals surface area contributed by atoms with Crippen molar-refractivity contribution in [2.75, 3.05) is 0 Å². The number of esters is 1. The Morgan fingerprint density at radius 2 is 1.64 bits per heavy atom. The number of rotatable bonds is 5. The van der Waals surface area contributed by atoms with Crippen LogP contribution in [-0.2, 0) is 9.53 Å². The molecule has 0 aliphatic heterocycles. The number of aliphatic hydroxyl groups is 1. The molecule has 2 aromatic rings. The van der Waals surface area contributed by atoms with Gasteiger partial charge in [0.05, 0.1) is 0 Å². The smallest absolute Gasteiger partial charge is 0.340 e. The lowest BCUT2D eigenvalue weighted by Crippen LogP contribution is -2.18. The van der Waals surface area contributed by atoms with Crippen molar-refractivity contribution in [2.24, 2.45) is 0 Å². The highest BCUT2D eigenvalue weighted by Gasteiger charge is 2.13. The molecular weight excluding hydrogens is 276 g/mol. The Morgan fingerprint density at radius 1 is 1.05 bits per heavy atom. The highest BCUT2D eigenvalue weighted by Crippen LogP contribution is 2.17. The molecule has 3 nitrogen and oxygen atoms in total. The second kappa shape index (κ2) is 7.96. The highest BCUT2D eigenvalue weighted by atomic mass is 16.6. The molecule has 1 N–H and O–H groups in total. The van der Waals surface area contributed by atoms with Gasteiger partial charge in [-0.2, -0.15) is 0 Å². The summed E-state index contributed by atoms with van der Waals surface area (Å²) in [5.41, 5.74) is 1.82. The van der Waals surface area contributed by atoms with Crippen LogP contribution in [0.3, 0.4) is 0 Å². The zero-order valence-corrected chi connectivity index (χ0v) is 12.3. The van der Waals surface area contributed by atoms with E-state index in [9.17, 15) is 9.90 Å². The Hall–Kier alpha value is -2.65. The third kappa shape index (κ3) is 4.72. The van der Waals surface area contributed by atoms with Gasteiger partial charge in [0.2, 0.25) is 0 Å². The molecule has 0 aromatic heterocycles. The topological polar surface area (TPSA) is 46.5 Å². The Balaban J connectivity index is 2.22. The predicted molar refractivity (Wildman–Crippen MR) is 87.7 cm³/mol. The first kappa shape index (κ1) is 15.7. The van der Waals surface area contributed by atoms with E-state index in [1.54, 1.807) is 6.08 Å². The number of allylic oxidation sites excluding steroid dienone is 2. The van der Waals surface area contributed by atoms with Crippen LogP contribution in [0.5, 0.6) is 0 Å². The van der Waals surface area contributed by atoms with Crippen molar-refractivity contribution in [3.8, 4) is 0 Å². The summed E-state index contributed by atoms with van der Waals surface area (Å²) in [5.74, 6) is -0.276. The van der Waals surface area contributed by atoms with Crippen molar-refractivity contribution in [3.63, 3.8) is 0 Å². The second-order valence-electron chi connectivity index (χ2n) is 4.76. The highest BCUT2D eigenvalue weighted by molar-refractivity contribution is 5.81. The molecule has 2 rings (SSSR count). The van der Waals surface area contributed by atoms with Crippen LogP contribution in [0.1, 0.15) is 18.1 Å². The molecule has 0 aliphatic rings. The summed E-state index contributed by atoms with van der Waals surface area (Å²) < 4.78 is 5.26. The number of carbonyl (C=O) groups excluding carboxylic acids is 1. The molecule has 0 saturated heterocycles. The summed E-state index contributed by atoms with van der Waals surface area (Å²) in [4.78, 5) is 11.6. The Bertz CT molecular complexity index is 656. The largest absolute Gasteiger partial charge is 0.424 e. The van der Waals surface area contributed by atoms with E-state index in [2.05, 4.69) is 0 Å². The molecule has 0 aliphatic carbocycles. The molecule has 0 fully saturated rings. The molecule has 1 atom stereocenters. The van der Waals surface area contributed by atoms with Crippen molar-refractivity contribution < 1.29 is 14.6 Å². The van der Waals surface area contributed by atoms with Crippen molar-refractivity contribution in [2.45, 2.75) is 13.0 Å². The maximum Gasteiger partial charge on any atom is 0.340 e. The Morgan fingerprint density at radius 3 is 2.23 bits per heavy atom. The van der Waals surface area contributed by atoms with Gasteiger partial charge in [-0.15, -0.1) is 0 Å². The molecule has 112 valence electrons. The maximum absolute atomic E-state index is 11.6. The fourth-order valence-corrected chi connectivity index (χ4v) is 1.80. The molecule has 0 spiro atoms. The first-order chi connectivity index (χ1) is 10.7. The normalized spacial score (nSPS) is 13.1. The van der Waals surface area contributed by atoms with Crippen LogP contribution in [0.2, 0.25) is 0 Å². The van der Waals surface area contributed by atoms with Crippen LogP contribution in [-0.4, -0.2) is 17.2 Å². The summed E-state index contributed by atoms with van der Waals surface area (Å²) >= 11 is 0. The summed E-state index contributed by atoms with van der Waals surface area (Å²) in [6.45, 7) is 1.38. The van der Waals surface area contributed by atoms with Gasteiger partial charge in [0.1, 0.15) is 11.9 Å². The fraction of sp³-hybridized carbons (Fsp3) is 0.105. The quantitative estimate of drug-likeness (QED) is 0.520. The van der Waals surface area contributed by atoms with Gasteiger partial charge in [-0.25, -0.2) is 4.79 Å². The van der Waals surface area contributed by atoms with E-state index in [1.165, 1.54) is 6.92 Å². The van der Waals surface area contributed by atoms with Crippen molar-refractivity contribution >= 4 is 17.8 Å². The number of hydrogen-bond acceptors (Lipinski definition) is 3. The molecule has 0 amide bonds. The molecule has 22 heavy (non-hydrogen) atoms. The number of benzene rings is 2. The summed E-state index contributed by atoms with van der Waals surface area (Å²) in [5, 5.41) is 9.30. The third-order valence-electron chi connectivity index (χ3n) is 2.95. The van der Waals surface area contributed by atoms with E-state index < -0.39 is 12.1 Å². The van der Waals surface area contributed by atoms with Crippen LogP contribution in [0, 0.1) is 0 Å². The van der Waals surface area contributed by atoms with Gasteiger partial charge >= 0.3 is 5.97 Å². The fourth-order valence-electron chi connectivity index (χ4n) is 1.80. The summed E-state index contributed by atoms with van der Waals surface area (Å²) in [7, 11) is 0. The van der Waals surface area contributed by atoms with Gasteiger partial charge in [-0.1, -0.05) is 72.8 Å². The summed E-state index contributed by atoms with van der Waals surface area (Å²) in [6.07, 6.45) is 4.28. The molecular formula is C19H18O3. The minimum atomic E-state index is -1.16. The molecule has 0 saturated carbocycles. The van der Waals surface area contributed by atoms with Gasteiger partial charge in [0, 0.05) is 5.56 Å². The lowest BCUT2D eigenvalue weighted by molar-refractivity contribution is -0.145. The summed E-state index contributed by atoms with van der Waals surface area (Å²) in [6, 6.07) is 19.1. The molecule has 1 unspecified atom stereocenters. The van der Waals surface area contributed by atoms with Crippen LogP contribution >= 0.6 is 0 Å². The maximum atomic E-state index is 11.6. The zero-order valence-electron chi connectivity index (χ0n) is 12.3. The zero-order chi connectivity index (χ0) is 15.8. The lowest BCUT2D eigenvalue weighted by Gasteiger charge is -2.09. The van der Waals surface area contributed by atoms with Gasteiger partial charge in [0.15, 0.2) is 0 Å². The SMILES string of the molecule is CC(O)C(=O)O/C(=C/C=C/c1ccccc1)c1ccccc1. The van der Waals surface area contributed by atoms with Crippen LogP contribution in [0.4, 0.5) is 0 Å². The number of ether oxygens (including phenoxy) is 1. The monoisotopic (exact) mass is 294 g/mol. The third-order valence-corrected chi connectivity index (χ3v) is 2.95. The van der Waals surface area contributed by atoms with E-state index >= 15 is 0 Å². The van der Waals surface area contributed by atoms with E-state index in [4.69, 9.17) is 4.74 Å². The molecule has 0 bridgehead atoms. The molecule has 0 radical (unpaired) electrons. The average Bonchev–Trinajstić information content (AvgIpc) is 2.55. The Labute approximate surface area is 130 Å². The molecule has 3 heteroatoms. The van der Waals surface area contributed by atoms with Gasteiger partial charge in [-0.05, 0) is 18.6 Å². The first-order valence-corrected chi connectivity index (χ1v) is 7.05. The predicted octanol–water partition coefficient (Wildman–Crippen LogP) is 3.66. The van der Waals surface area contributed by atoms with Crippen molar-refractivity contribution in [1.29, 1.82) is 0 Å². The minimum Gasteiger partial charge on any atom is -0.424 e. The van der Waals surface area contributed by atoms with E-state index in [0.717, 1.165) is 11.1 Å². The van der Waals surface area contributed by atoms with Crippen molar-refractivity contribution in [3.05, 3.63) is 83.9 Å². The Kier molecular flexibility index (Phi) is 5.69. The second-order valence-corrected chi connectivity index (χ2v) is 4.76. The van der Waals surface area contributed by atoms with Gasteiger partial charge < -0.3 is 9.84 Å². The first-order valence-electron chi connectivity index (χ1n) is 7.05. The molecule has 0 heterocycles. The number of hydrogen-bond donors (Lipinski definition) is 1. The lowest BCUT2D eigenvalue weighted by atomic mass is 10.1. The van der Waals surface area contributed by atoms with Crippen LogP contribution < -0.4 is 0 Å². The minimum absolute atomic E-state index is 0.402. The van der Waals surface area contributed by atoms with E-state index in [1.807, 2.05) is 72.8 Å². The van der Waals surface area contributed by atoms with E-state index in [-0.39, 0.29) is 0 Å². The van der Waals surface area contributed by atoms with Gasteiger partial charge in [-0.3, -0.25) is 0 Å².